The largest absolute Gasteiger partial charge is 0.493 e. The van der Waals surface area contributed by atoms with Gasteiger partial charge in [-0.2, -0.15) is 0 Å². The van der Waals surface area contributed by atoms with Crippen LogP contribution in [-0.4, -0.2) is 58.4 Å². The maximum absolute atomic E-state index is 13.1. The number of amides is 1. The minimum Gasteiger partial charge on any atom is -0.493 e. The zero-order chi connectivity index (χ0) is 22.4. The van der Waals surface area contributed by atoms with E-state index in [1.54, 1.807) is 44.4 Å². The zero-order valence-corrected chi connectivity index (χ0v) is 18.2. The Labute approximate surface area is 181 Å². The number of benzene rings is 2. The highest BCUT2D eigenvalue weighted by Crippen LogP contribution is 2.39. The fraction of sp³-hybridized carbons (Fsp3) is 0.391. The summed E-state index contributed by atoms with van der Waals surface area (Å²) in [7, 11) is 5.99. The van der Waals surface area contributed by atoms with E-state index in [1.807, 2.05) is 18.2 Å². The number of carbonyl (C=O) groups excluding carboxylic acids is 2. The molecule has 0 fully saturated rings. The van der Waals surface area contributed by atoms with Crippen molar-refractivity contribution in [3.8, 4) is 23.0 Å². The van der Waals surface area contributed by atoms with Gasteiger partial charge in [-0.15, -0.1) is 0 Å². The van der Waals surface area contributed by atoms with Crippen LogP contribution in [0.25, 0.3) is 0 Å². The first-order chi connectivity index (χ1) is 15.0. The summed E-state index contributed by atoms with van der Waals surface area (Å²) in [6.07, 6.45) is 0.646. The summed E-state index contributed by atoms with van der Waals surface area (Å²) in [5, 5.41) is 0. The van der Waals surface area contributed by atoms with Crippen molar-refractivity contribution in [2.24, 2.45) is 0 Å². The summed E-state index contributed by atoms with van der Waals surface area (Å²) >= 11 is 0. The lowest BCUT2D eigenvalue weighted by atomic mass is 9.90. The van der Waals surface area contributed by atoms with Crippen molar-refractivity contribution in [1.82, 2.24) is 4.90 Å². The van der Waals surface area contributed by atoms with E-state index in [4.69, 9.17) is 23.7 Å². The molecule has 8 nitrogen and oxygen atoms in total. The van der Waals surface area contributed by atoms with Crippen molar-refractivity contribution in [1.29, 1.82) is 0 Å². The molecule has 1 amide bonds. The second kappa shape index (κ2) is 10.1. The number of esters is 1. The maximum Gasteiger partial charge on any atom is 0.307 e. The van der Waals surface area contributed by atoms with Crippen molar-refractivity contribution < 1.29 is 33.3 Å². The van der Waals surface area contributed by atoms with Gasteiger partial charge in [0, 0.05) is 6.54 Å². The summed E-state index contributed by atoms with van der Waals surface area (Å²) in [6, 6.07) is 10.3. The van der Waals surface area contributed by atoms with Gasteiger partial charge in [0.2, 0.25) is 0 Å². The van der Waals surface area contributed by atoms with Crippen molar-refractivity contribution in [3.05, 3.63) is 47.5 Å². The predicted octanol–water partition coefficient (Wildman–Crippen LogP) is 2.78. The minimum atomic E-state index is -0.496. The topological polar surface area (TPSA) is 83.5 Å². The predicted molar refractivity (Wildman–Crippen MR) is 113 cm³/mol. The van der Waals surface area contributed by atoms with Crippen molar-refractivity contribution in [2.75, 3.05) is 41.6 Å². The lowest BCUT2D eigenvalue weighted by Gasteiger charge is -2.37. The van der Waals surface area contributed by atoms with Crippen LogP contribution in [0.5, 0.6) is 23.0 Å². The summed E-state index contributed by atoms with van der Waals surface area (Å²) in [5.41, 5.74) is 1.83. The first kappa shape index (κ1) is 22.3. The highest BCUT2D eigenvalue weighted by molar-refractivity contribution is 5.80. The molecule has 0 aromatic heterocycles. The molecule has 0 spiro atoms. The van der Waals surface area contributed by atoms with Crippen LogP contribution in [-0.2, 0) is 20.7 Å². The fourth-order valence-corrected chi connectivity index (χ4v) is 3.75. The molecule has 2 aromatic carbocycles. The quantitative estimate of drug-likeness (QED) is 0.597. The smallest absolute Gasteiger partial charge is 0.307 e. The molecular formula is C23H27NO7. The van der Waals surface area contributed by atoms with E-state index in [9.17, 15) is 9.59 Å². The summed E-state index contributed by atoms with van der Waals surface area (Å²) in [5.74, 6) is 1.53. The summed E-state index contributed by atoms with van der Waals surface area (Å²) < 4.78 is 26.7. The third kappa shape index (κ3) is 4.84. The lowest BCUT2D eigenvalue weighted by Crippen LogP contribution is -2.43. The van der Waals surface area contributed by atoms with Crippen LogP contribution in [0.3, 0.4) is 0 Å². The maximum atomic E-state index is 13.1. The van der Waals surface area contributed by atoms with Gasteiger partial charge in [0.1, 0.15) is 0 Å². The molecule has 1 heterocycles. The van der Waals surface area contributed by atoms with E-state index in [1.165, 1.54) is 7.11 Å². The molecule has 1 atom stereocenters. The standard InChI is InChI=1S/C23H27NO7/c1-27-18-7-5-6-8-19(18)31-14-22(25)24-10-9-15-11-20(28-2)21(29-3)12-16(15)17(24)13-23(26)30-4/h5-8,11-12,17H,9-10,13-14H2,1-4H3/t17-/m1/s1. The number of hydrogen-bond acceptors (Lipinski definition) is 7. The number of hydrogen-bond donors (Lipinski definition) is 0. The second-order valence-electron chi connectivity index (χ2n) is 6.98. The fourth-order valence-electron chi connectivity index (χ4n) is 3.75. The van der Waals surface area contributed by atoms with Gasteiger partial charge in [-0.05, 0) is 41.8 Å². The Morgan fingerprint density at radius 3 is 2.23 bits per heavy atom. The Morgan fingerprint density at radius 1 is 0.935 bits per heavy atom. The average Bonchev–Trinajstić information content (AvgIpc) is 2.81. The van der Waals surface area contributed by atoms with E-state index in [2.05, 4.69) is 0 Å². The number of fused-ring (bicyclic) bond motifs is 1. The molecule has 1 aliphatic rings. The molecule has 0 saturated heterocycles. The van der Waals surface area contributed by atoms with Gasteiger partial charge in [0.25, 0.3) is 5.91 Å². The highest BCUT2D eigenvalue weighted by Gasteiger charge is 2.34. The first-order valence-electron chi connectivity index (χ1n) is 9.89. The molecule has 0 radical (unpaired) electrons. The Balaban J connectivity index is 1.86. The Morgan fingerprint density at radius 2 is 1.58 bits per heavy atom. The van der Waals surface area contributed by atoms with Crippen LogP contribution in [0.1, 0.15) is 23.6 Å². The van der Waals surface area contributed by atoms with Crippen LogP contribution < -0.4 is 18.9 Å². The Hall–Kier alpha value is -3.42. The third-order valence-electron chi connectivity index (χ3n) is 5.33. The molecule has 0 saturated carbocycles. The van der Waals surface area contributed by atoms with Gasteiger partial charge >= 0.3 is 5.97 Å². The molecule has 8 heteroatoms. The van der Waals surface area contributed by atoms with Crippen LogP contribution in [0.15, 0.2) is 36.4 Å². The average molecular weight is 429 g/mol. The molecule has 0 N–H and O–H groups in total. The molecule has 0 aliphatic carbocycles. The first-order valence-corrected chi connectivity index (χ1v) is 9.89. The van der Waals surface area contributed by atoms with Crippen molar-refractivity contribution in [2.45, 2.75) is 18.9 Å². The highest BCUT2D eigenvalue weighted by atomic mass is 16.5. The van der Waals surface area contributed by atoms with Gasteiger partial charge in [0.05, 0.1) is 40.9 Å². The molecule has 166 valence electrons. The van der Waals surface area contributed by atoms with Gasteiger partial charge in [-0.1, -0.05) is 12.1 Å². The normalized spacial score (nSPS) is 15.0. The molecule has 0 unspecified atom stereocenters. The molecule has 1 aliphatic heterocycles. The Kier molecular flexibility index (Phi) is 7.23. The molecule has 2 aromatic rings. The number of carbonyl (C=O) groups is 2. The second-order valence-corrected chi connectivity index (χ2v) is 6.98. The van der Waals surface area contributed by atoms with Crippen LogP contribution >= 0.6 is 0 Å². The van der Waals surface area contributed by atoms with Crippen LogP contribution in [0.4, 0.5) is 0 Å². The van der Waals surface area contributed by atoms with E-state index >= 15 is 0 Å². The number of rotatable bonds is 8. The third-order valence-corrected chi connectivity index (χ3v) is 5.33. The zero-order valence-electron chi connectivity index (χ0n) is 18.2. The van der Waals surface area contributed by atoms with Gasteiger partial charge in [0.15, 0.2) is 29.6 Å². The van der Waals surface area contributed by atoms with Crippen molar-refractivity contribution in [3.63, 3.8) is 0 Å². The van der Waals surface area contributed by atoms with Crippen molar-refractivity contribution >= 4 is 11.9 Å². The molecule has 3 rings (SSSR count). The van der Waals surface area contributed by atoms with Gasteiger partial charge < -0.3 is 28.6 Å². The van der Waals surface area contributed by atoms with Crippen LogP contribution in [0, 0.1) is 0 Å². The number of para-hydroxylation sites is 2. The van der Waals surface area contributed by atoms with E-state index in [-0.39, 0.29) is 18.9 Å². The summed E-state index contributed by atoms with van der Waals surface area (Å²) in [6.45, 7) is 0.263. The SMILES string of the molecule is COC(=O)C[C@@H]1c2cc(OC)c(OC)cc2CCN1C(=O)COc1ccccc1OC. The monoisotopic (exact) mass is 429 g/mol. The van der Waals surface area contributed by atoms with E-state index < -0.39 is 12.0 Å². The van der Waals surface area contributed by atoms with Crippen LogP contribution in [0.2, 0.25) is 0 Å². The van der Waals surface area contributed by atoms with E-state index in [0.717, 1.165) is 11.1 Å². The van der Waals surface area contributed by atoms with Gasteiger partial charge in [-0.25, -0.2) is 0 Å². The minimum absolute atomic E-state index is 0.0272. The number of ether oxygens (including phenoxy) is 5. The van der Waals surface area contributed by atoms with E-state index in [0.29, 0.717) is 36.0 Å². The molecule has 31 heavy (non-hydrogen) atoms. The Bertz CT molecular complexity index is 944. The number of nitrogens with zero attached hydrogens (tertiary/aromatic N) is 1. The van der Waals surface area contributed by atoms with Gasteiger partial charge in [-0.3, -0.25) is 9.59 Å². The lowest BCUT2D eigenvalue weighted by molar-refractivity contribution is -0.144. The number of methoxy groups -OCH3 is 4. The molecular weight excluding hydrogens is 402 g/mol. The summed E-state index contributed by atoms with van der Waals surface area (Å²) in [4.78, 5) is 26.9. The molecule has 0 bridgehead atoms.